The number of hydrogen-bond donors (Lipinski definition) is 1. The van der Waals surface area contributed by atoms with E-state index in [-0.39, 0.29) is 0 Å². The van der Waals surface area contributed by atoms with Gasteiger partial charge in [0.1, 0.15) is 21.5 Å². The molecule has 1 aromatic heterocycles. The molecule has 106 valence electrons. The van der Waals surface area contributed by atoms with Gasteiger partial charge in [0.2, 0.25) is 0 Å². The number of thiazole rings is 1. The topological polar surface area (TPSA) is 48.1 Å². The third kappa shape index (κ3) is 2.80. The molecule has 0 bridgehead atoms. The summed E-state index contributed by atoms with van der Waals surface area (Å²) in [7, 11) is 1.64. The summed E-state index contributed by atoms with van der Waals surface area (Å²) < 4.78 is 6.13. The summed E-state index contributed by atoms with van der Waals surface area (Å²) in [6.07, 6.45) is 0. The maximum atomic E-state index is 6.14. The molecule has 2 N–H and O–H groups in total. The van der Waals surface area contributed by atoms with Crippen LogP contribution < -0.4 is 10.5 Å². The number of rotatable bonds is 3. The molecule has 0 saturated carbocycles. The lowest BCUT2D eigenvalue weighted by atomic mass is 10.1. The SMILES string of the molecule is COc1ccc(-c2nc(-c3ccccc3)sc2N)cc1Br. The fraction of sp³-hybridized carbons (Fsp3) is 0.0625. The zero-order valence-corrected chi connectivity index (χ0v) is 13.7. The van der Waals surface area contributed by atoms with Gasteiger partial charge in [0.15, 0.2) is 0 Å². The first-order valence-corrected chi connectivity index (χ1v) is 7.95. The Balaban J connectivity index is 2.04. The second kappa shape index (κ2) is 5.87. The Morgan fingerprint density at radius 2 is 1.86 bits per heavy atom. The lowest BCUT2D eigenvalue weighted by molar-refractivity contribution is 0.412. The number of benzene rings is 2. The molecule has 0 unspecified atom stereocenters. The smallest absolute Gasteiger partial charge is 0.133 e. The molecule has 2 aromatic carbocycles. The molecule has 0 radical (unpaired) electrons. The van der Waals surface area contributed by atoms with E-state index in [1.54, 1.807) is 7.11 Å². The highest BCUT2D eigenvalue weighted by Crippen LogP contribution is 2.38. The first-order valence-electron chi connectivity index (χ1n) is 6.34. The molecular formula is C16H13BrN2OS. The third-order valence-electron chi connectivity index (χ3n) is 3.10. The summed E-state index contributed by atoms with van der Waals surface area (Å²) in [6, 6.07) is 15.9. The van der Waals surface area contributed by atoms with Gasteiger partial charge in [-0.15, -0.1) is 0 Å². The number of nitrogens with zero attached hydrogens (tertiary/aromatic N) is 1. The summed E-state index contributed by atoms with van der Waals surface area (Å²) in [5.74, 6) is 0.788. The Morgan fingerprint density at radius 1 is 1.10 bits per heavy atom. The van der Waals surface area contributed by atoms with Crippen LogP contribution in [0.2, 0.25) is 0 Å². The summed E-state index contributed by atoms with van der Waals surface area (Å²) in [6.45, 7) is 0. The summed E-state index contributed by atoms with van der Waals surface area (Å²) >= 11 is 4.99. The summed E-state index contributed by atoms with van der Waals surface area (Å²) in [5.41, 5.74) is 9.00. The second-order valence-corrected chi connectivity index (χ2v) is 6.33. The Bertz CT molecular complexity index is 771. The van der Waals surface area contributed by atoms with Crippen LogP contribution in [0, 0.1) is 0 Å². The van der Waals surface area contributed by atoms with E-state index in [0.717, 1.165) is 32.1 Å². The van der Waals surface area contributed by atoms with Crippen LogP contribution >= 0.6 is 27.3 Å². The number of halogens is 1. The Labute approximate surface area is 135 Å². The van der Waals surface area contributed by atoms with E-state index in [1.165, 1.54) is 11.3 Å². The lowest BCUT2D eigenvalue weighted by Gasteiger charge is -2.05. The average molecular weight is 361 g/mol. The molecule has 0 amide bonds. The number of nitrogens with two attached hydrogens (primary N) is 1. The molecule has 5 heteroatoms. The van der Waals surface area contributed by atoms with Gasteiger partial charge < -0.3 is 10.5 Å². The average Bonchev–Trinajstić information content (AvgIpc) is 2.90. The van der Waals surface area contributed by atoms with Crippen LogP contribution in [0.25, 0.3) is 21.8 Å². The van der Waals surface area contributed by atoms with Crippen molar-refractivity contribution in [3.8, 4) is 27.6 Å². The molecule has 3 nitrogen and oxygen atoms in total. The fourth-order valence-electron chi connectivity index (χ4n) is 2.06. The van der Waals surface area contributed by atoms with Gasteiger partial charge in [-0.2, -0.15) is 0 Å². The lowest BCUT2D eigenvalue weighted by Crippen LogP contribution is -1.88. The van der Waals surface area contributed by atoms with Crippen molar-refractivity contribution >= 4 is 32.3 Å². The highest BCUT2D eigenvalue weighted by atomic mass is 79.9. The molecule has 21 heavy (non-hydrogen) atoms. The largest absolute Gasteiger partial charge is 0.496 e. The molecule has 0 aliphatic carbocycles. The molecule has 1 heterocycles. The number of nitrogen functional groups attached to an aromatic ring is 1. The maximum absolute atomic E-state index is 6.14. The van der Waals surface area contributed by atoms with E-state index >= 15 is 0 Å². The van der Waals surface area contributed by atoms with Crippen molar-refractivity contribution < 1.29 is 4.74 Å². The van der Waals surface area contributed by atoms with Crippen LogP contribution in [0.1, 0.15) is 0 Å². The molecule has 3 rings (SSSR count). The fourth-order valence-corrected chi connectivity index (χ4v) is 3.46. The van der Waals surface area contributed by atoms with E-state index < -0.39 is 0 Å². The highest BCUT2D eigenvalue weighted by molar-refractivity contribution is 9.10. The normalized spacial score (nSPS) is 10.6. The van der Waals surface area contributed by atoms with E-state index in [0.29, 0.717) is 5.00 Å². The minimum absolute atomic E-state index is 0.714. The van der Waals surface area contributed by atoms with Crippen LogP contribution in [0.5, 0.6) is 5.75 Å². The Kier molecular flexibility index (Phi) is 3.94. The molecule has 3 aromatic rings. The quantitative estimate of drug-likeness (QED) is 0.727. The first kappa shape index (κ1) is 14.1. The van der Waals surface area contributed by atoms with Crippen molar-refractivity contribution in [2.45, 2.75) is 0 Å². The van der Waals surface area contributed by atoms with Gasteiger partial charge in [-0.1, -0.05) is 41.7 Å². The molecule has 0 atom stereocenters. The van der Waals surface area contributed by atoms with E-state index in [9.17, 15) is 0 Å². The molecule has 0 aliphatic rings. The zero-order valence-electron chi connectivity index (χ0n) is 11.3. The standard InChI is InChI=1S/C16H13BrN2OS/c1-20-13-8-7-11(9-12(13)17)14-15(18)21-16(19-14)10-5-3-2-4-6-10/h2-9H,18H2,1H3. The molecule has 0 spiro atoms. The maximum Gasteiger partial charge on any atom is 0.133 e. The Hall–Kier alpha value is -1.85. The highest BCUT2D eigenvalue weighted by Gasteiger charge is 2.13. The number of hydrogen-bond acceptors (Lipinski definition) is 4. The molecule has 0 fully saturated rings. The van der Waals surface area contributed by atoms with Crippen molar-refractivity contribution in [3.05, 3.63) is 53.0 Å². The van der Waals surface area contributed by atoms with Crippen LogP contribution in [-0.4, -0.2) is 12.1 Å². The molecule has 0 aliphatic heterocycles. The Morgan fingerprint density at radius 3 is 2.52 bits per heavy atom. The van der Waals surface area contributed by atoms with E-state index in [1.807, 2.05) is 48.5 Å². The summed E-state index contributed by atoms with van der Waals surface area (Å²) in [5, 5.41) is 1.64. The second-order valence-electron chi connectivity index (χ2n) is 4.45. The van der Waals surface area contributed by atoms with Gasteiger partial charge in [0.05, 0.1) is 11.6 Å². The third-order valence-corrected chi connectivity index (χ3v) is 4.65. The van der Waals surface area contributed by atoms with Crippen molar-refractivity contribution in [1.82, 2.24) is 4.98 Å². The van der Waals surface area contributed by atoms with Gasteiger partial charge >= 0.3 is 0 Å². The van der Waals surface area contributed by atoms with E-state index in [4.69, 9.17) is 10.5 Å². The van der Waals surface area contributed by atoms with Gasteiger partial charge in [-0.25, -0.2) is 4.98 Å². The van der Waals surface area contributed by atoms with Crippen molar-refractivity contribution in [2.24, 2.45) is 0 Å². The van der Waals surface area contributed by atoms with Crippen molar-refractivity contribution in [2.75, 3.05) is 12.8 Å². The summed E-state index contributed by atoms with van der Waals surface area (Å²) in [4.78, 5) is 4.68. The van der Waals surface area contributed by atoms with Crippen LogP contribution in [0.3, 0.4) is 0 Å². The number of ether oxygens (including phenoxy) is 1. The molecule has 0 saturated heterocycles. The van der Waals surface area contributed by atoms with Gasteiger partial charge in [-0.3, -0.25) is 0 Å². The van der Waals surface area contributed by atoms with Crippen molar-refractivity contribution in [1.29, 1.82) is 0 Å². The number of methoxy groups -OCH3 is 1. The van der Waals surface area contributed by atoms with Gasteiger partial charge in [-0.05, 0) is 34.1 Å². The number of aromatic nitrogens is 1. The van der Waals surface area contributed by atoms with Crippen LogP contribution in [0.4, 0.5) is 5.00 Å². The van der Waals surface area contributed by atoms with Crippen LogP contribution in [-0.2, 0) is 0 Å². The molecular weight excluding hydrogens is 348 g/mol. The predicted molar refractivity (Wildman–Crippen MR) is 91.7 cm³/mol. The monoisotopic (exact) mass is 360 g/mol. The number of anilines is 1. The predicted octanol–water partition coefficient (Wildman–Crippen LogP) is 4.83. The van der Waals surface area contributed by atoms with E-state index in [2.05, 4.69) is 20.9 Å². The van der Waals surface area contributed by atoms with Crippen molar-refractivity contribution in [3.63, 3.8) is 0 Å². The minimum Gasteiger partial charge on any atom is -0.496 e. The van der Waals surface area contributed by atoms with Gasteiger partial charge in [0, 0.05) is 11.1 Å². The van der Waals surface area contributed by atoms with Crippen LogP contribution in [0.15, 0.2) is 53.0 Å². The first-order chi connectivity index (χ1) is 10.2. The minimum atomic E-state index is 0.714. The van der Waals surface area contributed by atoms with Gasteiger partial charge in [0.25, 0.3) is 0 Å². The zero-order chi connectivity index (χ0) is 14.8.